The zero-order valence-electron chi connectivity index (χ0n) is 11.6. The van der Waals surface area contributed by atoms with Crippen molar-refractivity contribution in [2.45, 2.75) is 31.0 Å². The molecule has 0 unspecified atom stereocenters. The van der Waals surface area contributed by atoms with Crippen LogP contribution in [0.3, 0.4) is 0 Å². The van der Waals surface area contributed by atoms with Crippen LogP contribution in [0.5, 0.6) is 5.75 Å². The average molecular weight is 390 g/mol. The van der Waals surface area contributed by atoms with Crippen molar-refractivity contribution >= 4 is 26.0 Å². The molecule has 0 heterocycles. The lowest BCUT2D eigenvalue weighted by molar-refractivity contribution is -0.138. The number of hydrogen-bond acceptors (Lipinski definition) is 3. The first kappa shape index (κ1) is 18.2. The minimum absolute atomic E-state index is 0.229. The molecule has 4 nitrogen and oxygen atoms in total. The molecule has 0 amide bonds. The number of rotatable bonds is 5. The number of hydrogen-bond donors (Lipinski definition) is 0. The van der Waals surface area contributed by atoms with Crippen LogP contribution in [0.4, 0.5) is 13.2 Å². The molecule has 21 heavy (non-hydrogen) atoms. The lowest BCUT2D eigenvalue weighted by atomic mass is 10.3. The molecular weight excluding hydrogens is 375 g/mol. The van der Waals surface area contributed by atoms with Crippen molar-refractivity contribution in [3.8, 4) is 5.75 Å². The van der Waals surface area contributed by atoms with Gasteiger partial charge in [-0.1, -0.05) is 0 Å². The van der Waals surface area contributed by atoms with Crippen molar-refractivity contribution in [3.05, 3.63) is 22.7 Å². The van der Waals surface area contributed by atoms with Crippen LogP contribution in [0.25, 0.3) is 0 Å². The van der Waals surface area contributed by atoms with Crippen molar-refractivity contribution in [2.24, 2.45) is 0 Å². The fourth-order valence-electron chi connectivity index (χ4n) is 1.66. The fourth-order valence-corrected chi connectivity index (χ4v) is 4.01. The predicted molar refractivity (Wildman–Crippen MR) is 75.8 cm³/mol. The minimum atomic E-state index is -4.61. The number of methoxy groups -OCH3 is 1. The predicted octanol–water partition coefficient (Wildman–Crippen LogP) is 3.42. The Morgan fingerprint density at radius 3 is 2.29 bits per heavy atom. The average Bonchev–Trinajstić information content (AvgIpc) is 2.34. The molecule has 0 fully saturated rings. The molecule has 9 heteroatoms. The van der Waals surface area contributed by atoms with Crippen LogP contribution < -0.4 is 4.74 Å². The van der Waals surface area contributed by atoms with Gasteiger partial charge in [0.05, 0.1) is 16.5 Å². The Balaban J connectivity index is 3.26. The Hall–Kier alpha value is -0.800. The maximum atomic E-state index is 12.6. The van der Waals surface area contributed by atoms with Crippen molar-refractivity contribution in [1.82, 2.24) is 4.31 Å². The largest absolute Gasteiger partial charge is 0.496 e. The second-order valence-corrected chi connectivity index (χ2v) is 7.30. The highest BCUT2D eigenvalue weighted by molar-refractivity contribution is 9.10. The zero-order valence-corrected chi connectivity index (χ0v) is 14.0. The van der Waals surface area contributed by atoms with Gasteiger partial charge in [-0.15, -0.1) is 0 Å². The third kappa shape index (κ3) is 4.58. The summed E-state index contributed by atoms with van der Waals surface area (Å²) >= 11 is 3.12. The highest BCUT2D eigenvalue weighted by Crippen LogP contribution is 2.30. The third-order valence-corrected chi connectivity index (χ3v) is 5.28. The van der Waals surface area contributed by atoms with E-state index in [9.17, 15) is 21.6 Å². The molecule has 0 atom stereocenters. The van der Waals surface area contributed by atoms with Crippen LogP contribution in [0.1, 0.15) is 13.8 Å². The van der Waals surface area contributed by atoms with E-state index < -0.39 is 28.8 Å². The molecule has 120 valence electrons. The van der Waals surface area contributed by atoms with Gasteiger partial charge >= 0.3 is 6.18 Å². The fraction of sp³-hybridized carbons (Fsp3) is 0.500. The van der Waals surface area contributed by atoms with Crippen molar-refractivity contribution in [2.75, 3.05) is 13.7 Å². The highest BCUT2D eigenvalue weighted by atomic mass is 79.9. The number of alkyl halides is 3. The Morgan fingerprint density at radius 2 is 1.90 bits per heavy atom. The van der Waals surface area contributed by atoms with Crippen molar-refractivity contribution in [1.29, 1.82) is 0 Å². The van der Waals surface area contributed by atoms with Gasteiger partial charge in [0.1, 0.15) is 12.3 Å². The molecule has 0 N–H and O–H groups in total. The molecule has 0 aromatic heterocycles. The Morgan fingerprint density at radius 1 is 1.33 bits per heavy atom. The summed E-state index contributed by atoms with van der Waals surface area (Å²) in [4.78, 5) is -0.229. The lowest BCUT2D eigenvalue weighted by Crippen LogP contribution is -2.43. The highest BCUT2D eigenvalue weighted by Gasteiger charge is 2.38. The second kappa shape index (κ2) is 6.53. The Kier molecular flexibility index (Phi) is 5.68. The van der Waals surface area contributed by atoms with Gasteiger partial charge in [-0.05, 0) is 48.0 Å². The summed E-state index contributed by atoms with van der Waals surface area (Å²) in [6.07, 6.45) is -4.61. The van der Waals surface area contributed by atoms with E-state index in [0.29, 0.717) is 14.5 Å². The lowest BCUT2D eigenvalue weighted by Gasteiger charge is -2.27. The summed E-state index contributed by atoms with van der Waals surface area (Å²) in [5.41, 5.74) is 0. The molecule has 0 aliphatic carbocycles. The van der Waals surface area contributed by atoms with Crippen molar-refractivity contribution in [3.63, 3.8) is 0 Å². The van der Waals surface area contributed by atoms with Gasteiger partial charge in [0.25, 0.3) is 0 Å². The first-order chi connectivity index (χ1) is 9.49. The molecule has 1 rings (SSSR count). The summed E-state index contributed by atoms with van der Waals surface area (Å²) in [6.45, 7) is 1.25. The van der Waals surface area contributed by atoms with E-state index in [1.165, 1.54) is 39.2 Å². The molecule has 0 saturated heterocycles. The first-order valence-electron chi connectivity index (χ1n) is 5.91. The van der Waals surface area contributed by atoms with E-state index in [0.717, 1.165) is 0 Å². The summed E-state index contributed by atoms with van der Waals surface area (Å²) in [5, 5.41) is 0. The van der Waals surface area contributed by atoms with Crippen LogP contribution >= 0.6 is 15.9 Å². The smallest absolute Gasteiger partial charge is 0.402 e. The van der Waals surface area contributed by atoms with Gasteiger partial charge in [-0.3, -0.25) is 0 Å². The SMILES string of the molecule is COc1ccc(S(=O)(=O)N(CC(F)(F)F)C(C)C)cc1Br. The van der Waals surface area contributed by atoms with Gasteiger partial charge in [0, 0.05) is 6.04 Å². The topological polar surface area (TPSA) is 46.6 Å². The van der Waals surface area contributed by atoms with Gasteiger partial charge in [0.15, 0.2) is 0 Å². The molecule has 0 radical (unpaired) electrons. The Labute approximate surface area is 130 Å². The normalized spacial score (nSPS) is 13.0. The monoisotopic (exact) mass is 389 g/mol. The maximum absolute atomic E-state index is 12.6. The molecule has 0 spiro atoms. The van der Waals surface area contributed by atoms with Gasteiger partial charge in [0.2, 0.25) is 10.0 Å². The molecule has 0 bridgehead atoms. The van der Waals surface area contributed by atoms with Crippen LogP contribution in [0.15, 0.2) is 27.6 Å². The van der Waals surface area contributed by atoms with Gasteiger partial charge in [-0.25, -0.2) is 8.42 Å². The maximum Gasteiger partial charge on any atom is 0.402 e. The standard InChI is InChI=1S/C12H15BrF3NO3S/c1-8(2)17(7-12(14,15)16)21(18,19)9-4-5-11(20-3)10(13)6-9/h4-6,8H,7H2,1-3H3. The summed E-state index contributed by atoms with van der Waals surface area (Å²) < 4.78 is 68.2. The third-order valence-electron chi connectivity index (χ3n) is 2.64. The quantitative estimate of drug-likeness (QED) is 0.774. The molecule has 1 aromatic rings. The van der Waals surface area contributed by atoms with E-state index >= 15 is 0 Å². The number of benzene rings is 1. The number of ether oxygens (including phenoxy) is 1. The zero-order chi connectivity index (χ0) is 16.4. The number of sulfonamides is 1. The van der Waals surface area contributed by atoms with Crippen LogP contribution in [-0.2, 0) is 10.0 Å². The van der Waals surface area contributed by atoms with E-state index in [2.05, 4.69) is 15.9 Å². The van der Waals surface area contributed by atoms with Crippen molar-refractivity contribution < 1.29 is 26.3 Å². The number of halogens is 4. The van der Waals surface area contributed by atoms with Gasteiger partial charge in [-0.2, -0.15) is 17.5 Å². The summed E-state index contributed by atoms with van der Waals surface area (Å²) in [5.74, 6) is 0.390. The van der Waals surface area contributed by atoms with E-state index in [-0.39, 0.29) is 4.90 Å². The first-order valence-corrected chi connectivity index (χ1v) is 8.14. The molecule has 0 saturated carbocycles. The molecule has 0 aliphatic rings. The molecule has 1 aromatic carbocycles. The second-order valence-electron chi connectivity index (χ2n) is 4.56. The van der Waals surface area contributed by atoms with E-state index in [1.807, 2.05) is 0 Å². The minimum Gasteiger partial charge on any atom is -0.496 e. The molecular formula is C12H15BrF3NO3S. The van der Waals surface area contributed by atoms with Crippen LogP contribution in [0.2, 0.25) is 0 Å². The van der Waals surface area contributed by atoms with Gasteiger partial charge < -0.3 is 4.74 Å². The summed E-state index contributed by atoms with van der Waals surface area (Å²) in [6, 6.07) is 2.99. The van der Waals surface area contributed by atoms with E-state index in [1.54, 1.807) is 0 Å². The van der Waals surface area contributed by atoms with Crippen LogP contribution in [-0.4, -0.2) is 38.6 Å². The Bertz CT molecular complexity index is 602. The molecule has 0 aliphatic heterocycles. The van der Waals surface area contributed by atoms with Crippen LogP contribution in [0, 0.1) is 0 Å². The number of nitrogens with zero attached hydrogens (tertiary/aromatic N) is 1. The van der Waals surface area contributed by atoms with E-state index in [4.69, 9.17) is 4.74 Å². The summed E-state index contributed by atoms with van der Waals surface area (Å²) in [7, 11) is -2.85.